The molecule has 0 saturated heterocycles. The number of rotatable bonds is 6. The number of nitrogens with zero attached hydrogens (tertiary/aromatic N) is 3. The summed E-state index contributed by atoms with van der Waals surface area (Å²) in [6.45, 7) is 5.25. The lowest BCUT2D eigenvalue weighted by Crippen LogP contribution is -2.32. The molecule has 0 aliphatic carbocycles. The van der Waals surface area contributed by atoms with E-state index in [4.69, 9.17) is 11.6 Å². The first-order chi connectivity index (χ1) is 9.14. The zero-order valence-corrected chi connectivity index (χ0v) is 12.9. The third-order valence-electron chi connectivity index (χ3n) is 3.56. The van der Waals surface area contributed by atoms with Gasteiger partial charge >= 0.3 is 0 Å². The van der Waals surface area contributed by atoms with E-state index in [1.807, 2.05) is 11.8 Å². The van der Waals surface area contributed by atoms with Gasteiger partial charge in [-0.3, -0.25) is 0 Å². The number of hydrogen-bond donors (Lipinski definition) is 2. The van der Waals surface area contributed by atoms with Crippen LogP contribution in [0.3, 0.4) is 0 Å². The van der Waals surface area contributed by atoms with Crippen LogP contribution in [0.25, 0.3) is 11.2 Å². The van der Waals surface area contributed by atoms with Crippen molar-refractivity contribution in [1.82, 2.24) is 19.9 Å². The average Bonchev–Trinajstić information content (AvgIpc) is 2.88. The molecule has 7 heteroatoms. The molecule has 0 fully saturated rings. The minimum Gasteiger partial charge on any atom is -0.367 e. The Morgan fingerprint density at radius 3 is 2.74 bits per heavy atom. The molecule has 2 aromatic heterocycles. The van der Waals surface area contributed by atoms with Gasteiger partial charge < -0.3 is 10.3 Å². The maximum Gasteiger partial charge on any atom is 0.226 e. The molecule has 2 heterocycles. The third kappa shape index (κ3) is 2.95. The number of H-pyrrole nitrogens is 1. The van der Waals surface area contributed by atoms with E-state index in [0.717, 1.165) is 24.9 Å². The van der Waals surface area contributed by atoms with E-state index < -0.39 is 0 Å². The fourth-order valence-corrected chi connectivity index (χ4v) is 3.00. The summed E-state index contributed by atoms with van der Waals surface area (Å²) < 4.78 is 0.212. The van der Waals surface area contributed by atoms with Crippen LogP contribution < -0.4 is 5.32 Å². The summed E-state index contributed by atoms with van der Waals surface area (Å²) in [5, 5.41) is 3.59. The molecular formula is C12H18ClN5S. The van der Waals surface area contributed by atoms with Crippen LogP contribution in [0.5, 0.6) is 0 Å². The molecule has 0 spiro atoms. The maximum atomic E-state index is 5.91. The van der Waals surface area contributed by atoms with Crippen molar-refractivity contribution in [3.8, 4) is 0 Å². The summed E-state index contributed by atoms with van der Waals surface area (Å²) in [5.74, 6) is 0.716. The molecule has 0 radical (unpaired) electrons. The Balaban J connectivity index is 2.24. The minimum absolute atomic E-state index is 0.212. The molecule has 0 aliphatic heterocycles. The average molecular weight is 300 g/mol. The molecule has 19 heavy (non-hydrogen) atoms. The second-order valence-corrected chi connectivity index (χ2v) is 6.00. The second-order valence-electron chi connectivity index (χ2n) is 4.39. The number of halogens is 1. The highest BCUT2D eigenvalue weighted by molar-refractivity contribution is 8.00. The van der Waals surface area contributed by atoms with Gasteiger partial charge in [-0.1, -0.05) is 13.8 Å². The quantitative estimate of drug-likeness (QED) is 0.801. The summed E-state index contributed by atoms with van der Waals surface area (Å²) in [5.41, 5.74) is 1.39. The van der Waals surface area contributed by atoms with E-state index in [0.29, 0.717) is 11.5 Å². The monoisotopic (exact) mass is 299 g/mol. The van der Waals surface area contributed by atoms with Crippen LogP contribution in [-0.4, -0.2) is 37.5 Å². The zero-order valence-electron chi connectivity index (χ0n) is 11.3. The van der Waals surface area contributed by atoms with Crippen LogP contribution >= 0.6 is 23.4 Å². The number of aromatic nitrogens is 4. The Hall–Kier alpha value is -1.01. The molecule has 2 N–H and O–H groups in total. The van der Waals surface area contributed by atoms with Crippen molar-refractivity contribution in [2.24, 2.45) is 0 Å². The second kappa shape index (κ2) is 5.96. The van der Waals surface area contributed by atoms with Crippen molar-refractivity contribution in [2.75, 3.05) is 18.1 Å². The number of aromatic amines is 1. The summed E-state index contributed by atoms with van der Waals surface area (Å²) in [6, 6.07) is 0. The van der Waals surface area contributed by atoms with Gasteiger partial charge in [0, 0.05) is 11.3 Å². The van der Waals surface area contributed by atoms with E-state index in [1.165, 1.54) is 0 Å². The van der Waals surface area contributed by atoms with Crippen LogP contribution in [0.15, 0.2) is 6.33 Å². The van der Waals surface area contributed by atoms with Gasteiger partial charge in [-0.25, -0.2) is 4.98 Å². The van der Waals surface area contributed by atoms with Crippen molar-refractivity contribution in [1.29, 1.82) is 0 Å². The first kappa shape index (κ1) is 14.4. The lowest BCUT2D eigenvalue weighted by molar-refractivity contribution is 0.574. The smallest absolute Gasteiger partial charge is 0.226 e. The van der Waals surface area contributed by atoms with Crippen molar-refractivity contribution in [3.63, 3.8) is 0 Å². The fourth-order valence-electron chi connectivity index (χ4n) is 2.04. The molecule has 0 aromatic carbocycles. The van der Waals surface area contributed by atoms with E-state index >= 15 is 0 Å². The highest BCUT2D eigenvalue weighted by Gasteiger charge is 2.25. The van der Waals surface area contributed by atoms with Crippen LogP contribution in [0.1, 0.15) is 26.7 Å². The van der Waals surface area contributed by atoms with Crippen molar-refractivity contribution in [3.05, 3.63) is 11.6 Å². The Kier molecular flexibility index (Phi) is 4.52. The molecule has 104 valence electrons. The van der Waals surface area contributed by atoms with E-state index in [1.54, 1.807) is 6.33 Å². The minimum atomic E-state index is 0.212. The van der Waals surface area contributed by atoms with Gasteiger partial charge in [0.2, 0.25) is 5.28 Å². The Labute approximate surface area is 122 Å². The molecule has 2 rings (SSSR count). The predicted molar refractivity (Wildman–Crippen MR) is 82.0 cm³/mol. The number of imidazole rings is 1. The summed E-state index contributed by atoms with van der Waals surface area (Å²) in [4.78, 5) is 15.5. The number of hydrogen-bond acceptors (Lipinski definition) is 5. The molecule has 0 saturated carbocycles. The number of anilines is 1. The van der Waals surface area contributed by atoms with Crippen LogP contribution in [0.2, 0.25) is 5.28 Å². The fraction of sp³-hybridized carbons (Fsp3) is 0.583. The molecule has 2 aromatic rings. The van der Waals surface area contributed by atoms with Gasteiger partial charge in [-0.2, -0.15) is 21.7 Å². The highest BCUT2D eigenvalue weighted by atomic mass is 35.5. The van der Waals surface area contributed by atoms with E-state index in [2.05, 4.69) is 45.4 Å². The van der Waals surface area contributed by atoms with Gasteiger partial charge in [0.1, 0.15) is 5.52 Å². The lowest BCUT2D eigenvalue weighted by atomic mass is 10.0. The Morgan fingerprint density at radius 2 is 2.11 bits per heavy atom. The molecule has 0 amide bonds. The van der Waals surface area contributed by atoms with Crippen molar-refractivity contribution < 1.29 is 0 Å². The number of nitrogens with one attached hydrogen (secondary N) is 2. The van der Waals surface area contributed by atoms with E-state index in [9.17, 15) is 0 Å². The van der Waals surface area contributed by atoms with Crippen molar-refractivity contribution in [2.45, 2.75) is 31.4 Å². The molecule has 0 bridgehead atoms. The van der Waals surface area contributed by atoms with Gasteiger partial charge in [0.05, 0.1) is 6.33 Å². The van der Waals surface area contributed by atoms with Gasteiger partial charge in [-0.05, 0) is 30.7 Å². The highest BCUT2D eigenvalue weighted by Crippen LogP contribution is 2.31. The molecular weight excluding hydrogens is 282 g/mol. The van der Waals surface area contributed by atoms with Gasteiger partial charge in [0.15, 0.2) is 11.5 Å². The van der Waals surface area contributed by atoms with Crippen LogP contribution in [0, 0.1) is 0 Å². The lowest BCUT2D eigenvalue weighted by Gasteiger charge is -2.30. The standard InChI is InChI=1S/C12H18ClN5S/c1-4-12(5-2,19-3)6-14-9-8-10(16-7-15-8)18-11(13)17-9/h7H,4-6H2,1-3H3,(H2,14,15,16,17,18). The topological polar surface area (TPSA) is 66.5 Å². The zero-order chi connectivity index (χ0) is 13.9. The Morgan fingerprint density at radius 1 is 1.37 bits per heavy atom. The van der Waals surface area contributed by atoms with Crippen LogP contribution in [0.4, 0.5) is 5.82 Å². The molecule has 0 aliphatic rings. The molecule has 0 atom stereocenters. The number of fused-ring (bicyclic) bond motifs is 1. The maximum absolute atomic E-state index is 5.91. The summed E-state index contributed by atoms with van der Waals surface area (Å²) in [6.07, 6.45) is 5.95. The van der Waals surface area contributed by atoms with Crippen LogP contribution in [-0.2, 0) is 0 Å². The Bertz CT molecular complexity index is 544. The van der Waals surface area contributed by atoms with Gasteiger partial charge in [0.25, 0.3) is 0 Å². The van der Waals surface area contributed by atoms with Gasteiger partial charge in [-0.15, -0.1) is 0 Å². The molecule has 5 nitrogen and oxygen atoms in total. The SMILES string of the molecule is CCC(CC)(CNc1nc(Cl)nc2nc[nH]c12)SC. The first-order valence-corrected chi connectivity index (χ1v) is 7.90. The predicted octanol–water partition coefficient (Wildman–Crippen LogP) is 3.34. The molecule has 0 unspecified atom stereocenters. The summed E-state index contributed by atoms with van der Waals surface area (Å²) in [7, 11) is 0. The third-order valence-corrected chi connectivity index (χ3v) is 5.31. The van der Waals surface area contributed by atoms with Crippen molar-refractivity contribution >= 4 is 40.3 Å². The number of thioether (sulfide) groups is 1. The first-order valence-electron chi connectivity index (χ1n) is 6.29. The summed E-state index contributed by atoms with van der Waals surface area (Å²) >= 11 is 7.79. The largest absolute Gasteiger partial charge is 0.367 e. The normalized spacial score (nSPS) is 12.0. The van der Waals surface area contributed by atoms with E-state index in [-0.39, 0.29) is 10.0 Å².